The maximum absolute atomic E-state index is 13.4. The Balaban J connectivity index is 1.53. The largest absolute Gasteiger partial charge is 0.383 e. The molecule has 2 N–H and O–H groups in total. The number of methoxy groups -OCH3 is 1. The lowest BCUT2D eigenvalue weighted by Crippen LogP contribution is -2.37. The highest BCUT2D eigenvalue weighted by molar-refractivity contribution is 6.07. The zero-order valence-electron chi connectivity index (χ0n) is 17.9. The van der Waals surface area contributed by atoms with Crippen molar-refractivity contribution in [3.05, 3.63) is 70.9 Å². The van der Waals surface area contributed by atoms with Crippen LogP contribution in [-0.2, 0) is 17.8 Å². The summed E-state index contributed by atoms with van der Waals surface area (Å²) in [5.41, 5.74) is 11.4. The number of carbonyl (C=O) groups is 1. The summed E-state index contributed by atoms with van der Waals surface area (Å²) in [7, 11) is 1.71. The number of fused-ring (bicyclic) bond motifs is 1. The van der Waals surface area contributed by atoms with Crippen molar-refractivity contribution < 1.29 is 9.53 Å². The predicted molar refractivity (Wildman–Crippen MR) is 121 cm³/mol. The molecule has 1 fully saturated rings. The molecule has 1 amide bonds. The van der Waals surface area contributed by atoms with Crippen molar-refractivity contribution in [1.29, 1.82) is 0 Å². The fourth-order valence-electron chi connectivity index (χ4n) is 4.64. The van der Waals surface area contributed by atoms with Gasteiger partial charge in [-0.3, -0.25) is 4.79 Å². The number of likely N-dealkylation sites (tertiary alicyclic amines) is 1. The van der Waals surface area contributed by atoms with Gasteiger partial charge in [-0.15, -0.1) is 0 Å². The summed E-state index contributed by atoms with van der Waals surface area (Å²) in [4.78, 5) is 15.4. The zero-order chi connectivity index (χ0) is 21.1. The smallest absolute Gasteiger partial charge is 0.256 e. The molecule has 2 heterocycles. The summed E-state index contributed by atoms with van der Waals surface area (Å²) in [5, 5.41) is 1.04. The lowest BCUT2D eigenvalue weighted by molar-refractivity contribution is 0.0714. The van der Waals surface area contributed by atoms with E-state index in [-0.39, 0.29) is 5.91 Å². The predicted octanol–water partition coefficient (Wildman–Crippen LogP) is 4.07. The number of hydrogen-bond acceptors (Lipinski definition) is 3. The fourth-order valence-corrected chi connectivity index (χ4v) is 4.64. The molecule has 0 unspecified atom stereocenters. The van der Waals surface area contributed by atoms with Crippen LogP contribution in [0.15, 0.2) is 48.7 Å². The first-order valence-electron chi connectivity index (χ1n) is 10.8. The minimum Gasteiger partial charge on any atom is -0.383 e. The van der Waals surface area contributed by atoms with Gasteiger partial charge in [0.1, 0.15) is 0 Å². The maximum atomic E-state index is 13.4. The topological polar surface area (TPSA) is 60.5 Å². The zero-order valence-corrected chi connectivity index (χ0v) is 17.9. The molecule has 0 bridgehead atoms. The number of carbonyl (C=O) groups excluding carboxylic acids is 1. The molecule has 4 rings (SSSR count). The molecule has 1 aromatic heterocycles. The number of ether oxygens (including phenoxy) is 1. The second-order valence-corrected chi connectivity index (χ2v) is 8.22. The Morgan fingerprint density at radius 3 is 2.67 bits per heavy atom. The van der Waals surface area contributed by atoms with E-state index in [0.717, 1.165) is 48.9 Å². The highest BCUT2D eigenvalue weighted by Gasteiger charge is 2.27. The summed E-state index contributed by atoms with van der Waals surface area (Å²) in [6.07, 6.45) is 3.98. The molecule has 5 nitrogen and oxygen atoms in total. The third-order valence-corrected chi connectivity index (χ3v) is 6.31. The van der Waals surface area contributed by atoms with Crippen LogP contribution in [0.1, 0.15) is 45.8 Å². The fraction of sp³-hybridized carbons (Fsp3) is 0.400. The summed E-state index contributed by atoms with van der Waals surface area (Å²) in [5.74, 6) is 0.627. The molecule has 5 heteroatoms. The van der Waals surface area contributed by atoms with Crippen LogP contribution < -0.4 is 5.73 Å². The highest BCUT2D eigenvalue weighted by atomic mass is 16.5. The molecule has 158 valence electrons. The Morgan fingerprint density at radius 2 is 1.93 bits per heavy atom. The van der Waals surface area contributed by atoms with E-state index in [9.17, 15) is 4.79 Å². The standard InChI is InChI=1S/C25H31N3O2/c1-18-5-3-8-22-23(17-28(24(18)22)13-14-30-2)25(29)27-11-9-20(10-12-27)21-7-4-6-19(15-21)16-26/h3-8,15,17,20H,9-14,16,26H2,1-2H3. The first-order valence-corrected chi connectivity index (χ1v) is 10.8. The van der Waals surface area contributed by atoms with Crippen molar-refractivity contribution in [1.82, 2.24) is 9.47 Å². The third kappa shape index (κ3) is 4.00. The quantitative estimate of drug-likeness (QED) is 0.672. The van der Waals surface area contributed by atoms with E-state index in [0.29, 0.717) is 19.1 Å². The second kappa shape index (κ2) is 9.02. The van der Waals surface area contributed by atoms with Gasteiger partial charge < -0.3 is 19.9 Å². The molecule has 0 aliphatic carbocycles. The van der Waals surface area contributed by atoms with Crippen molar-refractivity contribution in [3.8, 4) is 0 Å². The number of piperidine rings is 1. The van der Waals surface area contributed by atoms with Crippen molar-refractivity contribution in [2.45, 2.75) is 38.8 Å². The van der Waals surface area contributed by atoms with Crippen LogP contribution >= 0.6 is 0 Å². The van der Waals surface area contributed by atoms with E-state index < -0.39 is 0 Å². The van der Waals surface area contributed by atoms with Crippen molar-refractivity contribution in [3.63, 3.8) is 0 Å². The van der Waals surface area contributed by atoms with E-state index in [4.69, 9.17) is 10.5 Å². The van der Waals surface area contributed by atoms with E-state index in [2.05, 4.69) is 47.9 Å². The van der Waals surface area contributed by atoms with Crippen LogP contribution in [-0.4, -0.2) is 42.2 Å². The molecule has 0 saturated carbocycles. The molecular formula is C25H31N3O2. The summed E-state index contributed by atoms with van der Waals surface area (Å²) >= 11 is 0. The minimum atomic E-state index is 0.135. The van der Waals surface area contributed by atoms with Gasteiger partial charge in [-0.25, -0.2) is 0 Å². The number of aryl methyl sites for hydroxylation is 1. The maximum Gasteiger partial charge on any atom is 0.256 e. The number of amides is 1. The molecule has 30 heavy (non-hydrogen) atoms. The van der Waals surface area contributed by atoms with Crippen LogP contribution in [0.5, 0.6) is 0 Å². The van der Waals surface area contributed by atoms with Gasteiger partial charge >= 0.3 is 0 Å². The molecule has 0 spiro atoms. The number of nitrogens with zero attached hydrogens (tertiary/aromatic N) is 2. The SMILES string of the molecule is COCCn1cc(C(=O)N2CCC(c3cccc(CN)c3)CC2)c2cccc(C)c21. The lowest BCUT2D eigenvalue weighted by Gasteiger charge is -2.32. The van der Waals surface area contributed by atoms with Gasteiger partial charge in [0, 0.05) is 44.9 Å². The van der Waals surface area contributed by atoms with Gasteiger partial charge in [0.15, 0.2) is 0 Å². The lowest BCUT2D eigenvalue weighted by atomic mass is 9.88. The highest BCUT2D eigenvalue weighted by Crippen LogP contribution is 2.31. The third-order valence-electron chi connectivity index (χ3n) is 6.31. The average Bonchev–Trinajstić information content (AvgIpc) is 3.17. The average molecular weight is 406 g/mol. The van der Waals surface area contributed by atoms with Crippen molar-refractivity contribution in [2.24, 2.45) is 5.73 Å². The van der Waals surface area contributed by atoms with Gasteiger partial charge in [0.05, 0.1) is 17.7 Å². The van der Waals surface area contributed by atoms with Crippen LogP contribution in [0.25, 0.3) is 10.9 Å². The normalized spacial score (nSPS) is 15.1. The van der Waals surface area contributed by atoms with Crippen LogP contribution in [0.4, 0.5) is 0 Å². The molecular weight excluding hydrogens is 374 g/mol. The Kier molecular flexibility index (Phi) is 6.21. The number of rotatable bonds is 6. The van der Waals surface area contributed by atoms with Crippen LogP contribution in [0.3, 0.4) is 0 Å². The number of para-hydroxylation sites is 1. The van der Waals surface area contributed by atoms with E-state index in [1.54, 1.807) is 7.11 Å². The van der Waals surface area contributed by atoms with Gasteiger partial charge in [0.25, 0.3) is 5.91 Å². The van der Waals surface area contributed by atoms with Crippen molar-refractivity contribution in [2.75, 3.05) is 26.8 Å². The summed E-state index contributed by atoms with van der Waals surface area (Å²) in [6, 6.07) is 14.8. The van der Waals surface area contributed by atoms with Gasteiger partial charge in [-0.2, -0.15) is 0 Å². The van der Waals surface area contributed by atoms with Crippen LogP contribution in [0.2, 0.25) is 0 Å². The number of aromatic nitrogens is 1. The molecule has 0 atom stereocenters. The Labute approximate surface area is 178 Å². The van der Waals surface area contributed by atoms with Crippen molar-refractivity contribution >= 4 is 16.8 Å². The number of benzene rings is 2. The number of nitrogens with two attached hydrogens (primary N) is 1. The molecule has 0 radical (unpaired) electrons. The van der Waals surface area contributed by atoms with Gasteiger partial charge in [-0.1, -0.05) is 42.5 Å². The van der Waals surface area contributed by atoms with Gasteiger partial charge in [-0.05, 0) is 42.4 Å². The van der Waals surface area contributed by atoms with E-state index >= 15 is 0 Å². The van der Waals surface area contributed by atoms with Crippen LogP contribution in [0, 0.1) is 6.92 Å². The monoisotopic (exact) mass is 405 g/mol. The first kappa shape index (κ1) is 20.6. The summed E-state index contributed by atoms with van der Waals surface area (Å²) < 4.78 is 7.43. The van der Waals surface area contributed by atoms with Gasteiger partial charge in [0.2, 0.25) is 0 Å². The molecule has 1 aliphatic rings. The molecule has 3 aromatic rings. The van der Waals surface area contributed by atoms with E-state index in [1.165, 1.54) is 16.7 Å². The number of hydrogen-bond donors (Lipinski definition) is 1. The minimum absolute atomic E-state index is 0.135. The summed E-state index contributed by atoms with van der Waals surface area (Å²) in [6.45, 7) is 5.60. The first-order chi connectivity index (χ1) is 14.6. The second-order valence-electron chi connectivity index (χ2n) is 8.22. The molecule has 2 aromatic carbocycles. The Bertz CT molecular complexity index is 1030. The molecule has 1 saturated heterocycles. The Morgan fingerprint density at radius 1 is 1.17 bits per heavy atom. The Hall–Kier alpha value is -2.63. The van der Waals surface area contributed by atoms with E-state index in [1.807, 2.05) is 17.2 Å². The molecule has 1 aliphatic heterocycles.